The fourth-order valence-corrected chi connectivity index (χ4v) is 5.23. The lowest BCUT2D eigenvalue weighted by Gasteiger charge is -2.40. The summed E-state index contributed by atoms with van der Waals surface area (Å²) in [5.41, 5.74) is -0.188. The lowest BCUT2D eigenvalue weighted by atomic mass is 9.93. The van der Waals surface area contributed by atoms with Crippen LogP contribution in [0.25, 0.3) is 0 Å². The molecule has 3 saturated heterocycles. The molecule has 4 heteroatoms. The van der Waals surface area contributed by atoms with E-state index in [4.69, 9.17) is 0 Å². The summed E-state index contributed by atoms with van der Waals surface area (Å²) < 4.78 is 0. The first-order valence-electron chi connectivity index (χ1n) is 8.54. The van der Waals surface area contributed by atoms with E-state index in [0.717, 1.165) is 18.9 Å². The number of piperidine rings is 1. The van der Waals surface area contributed by atoms with Gasteiger partial charge in [-0.05, 0) is 52.0 Å². The van der Waals surface area contributed by atoms with Gasteiger partial charge in [-0.25, -0.2) is 0 Å². The molecule has 4 rings (SSSR count). The van der Waals surface area contributed by atoms with Crippen LogP contribution in [0.1, 0.15) is 58.3 Å². The van der Waals surface area contributed by atoms with Gasteiger partial charge in [0, 0.05) is 18.6 Å². The highest BCUT2D eigenvalue weighted by molar-refractivity contribution is 5.89. The van der Waals surface area contributed by atoms with Gasteiger partial charge in [-0.3, -0.25) is 10.1 Å². The number of carbonyl (C=O) groups is 1. The molecule has 4 fully saturated rings. The van der Waals surface area contributed by atoms with Crippen LogP contribution in [0.5, 0.6) is 0 Å². The summed E-state index contributed by atoms with van der Waals surface area (Å²) in [6, 6.07) is 1.22. The second-order valence-corrected chi connectivity index (χ2v) is 7.33. The Morgan fingerprint density at radius 2 is 1.90 bits per heavy atom. The van der Waals surface area contributed by atoms with Gasteiger partial charge in [0.1, 0.15) is 0 Å². The first kappa shape index (κ1) is 13.1. The predicted molar refractivity (Wildman–Crippen MR) is 78.3 cm³/mol. The molecule has 0 aromatic rings. The molecule has 0 bridgehead atoms. The molecule has 3 unspecified atom stereocenters. The highest BCUT2D eigenvalue weighted by atomic mass is 16.2. The van der Waals surface area contributed by atoms with Gasteiger partial charge in [0.25, 0.3) is 0 Å². The lowest BCUT2D eigenvalue weighted by Crippen LogP contribution is -2.51. The average Bonchev–Trinajstić information content (AvgIpc) is 3.11. The molecule has 112 valence electrons. The van der Waals surface area contributed by atoms with Gasteiger partial charge in [-0.1, -0.05) is 12.8 Å². The van der Waals surface area contributed by atoms with Crippen molar-refractivity contribution in [2.24, 2.45) is 0 Å². The molecule has 0 aromatic carbocycles. The van der Waals surface area contributed by atoms with Crippen LogP contribution in [0, 0.1) is 0 Å². The van der Waals surface area contributed by atoms with Crippen molar-refractivity contribution >= 4 is 5.91 Å². The predicted octanol–water partition coefficient (Wildman–Crippen LogP) is 1.70. The summed E-state index contributed by atoms with van der Waals surface area (Å²) in [5.74, 6) is 0.416. The number of amides is 1. The van der Waals surface area contributed by atoms with Gasteiger partial charge in [0.15, 0.2) is 0 Å². The Hall–Kier alpha value is -0.610. The van der Waals surface area contributed by atoms with E-state index in [1.54, 1.807) is 0 Å². The minimum Gasteiger partial charge on any atom is -0.323 e. The second kappa shape index (κ2) is 4.70. The maximum Gasteiger partial charge on any atom is 0.244 e. The standard InChI is InChI=1S/C16H27N3O/c1-12-17-16(7-2-3-8-16)15(20)19(12)14-6-10-18-9-4-5-13(18)11-14/h12-14,17H,2-11H2,1H3. The third kappa shape index (κ3) is 1.84. The number of nitrogens with zero attached hydrogens (tertiary/aromatic N) is 2. The Bertz CT molecular complexity index is 405. The topological polar surface area (TPSA) is 35.6 Å². The van der Waals surface area contributed by atoms with Crippen LogP contribution in [0.15, 0.2) is 0 Å². The monoisotopic (exact) mass is 277 g/mol. The van der Waals surface area contributed by atoms with Crippen molar-refractivity contribution < 1.29 is 4.79 Å². The maximum atomic E-state index is 13.0. The fraction of sp³-hybridized carbons (Fsp3) is 0.938. The number of carbonyl (C=O) groups excluding carboxylic acids is 1. The molecular formula is C16H27N3O. The molecule has 1 spiro atoms. The first-order valence-corrected chi connectivity index (χ1v) is 8.54. The minimum absolute atomic E-state index is 0.188. The molecule has 1 N–H and O–H groups in total. The number of nitrogens with one attached hydrogen (secondary N) is 1. The molecule has 1 saturated carbocycles. The quantitative estimate of drug-likeness (QED) is 0.792. The molecule has 4 aliphatic rings. The van der Waals surface area contributed by atoms with Crippen LogP contribution in [-0.4, -0.2) is 52.6 Å². The van der Waals surface area contributed by atoms with Crippen molar-refractivity contribution in [2.75, 3.05) is 13.1 Å². The van der Waals surface area contributed by atoms with Crippen LogP contribution in [-0.2, 0) is 4.79 Å². The Morgan fingerprint density at radius 1 is 1.10 bits per heavy atom. The van der Waals surface area contributed by atoms with Gasteiger partial charge in [0.2, 0.25) is 5.91 Å². The first-order chi connectivity index (χ1) is 9.70. The molecule has 0 aromatic heterocycles. The summed E-state index contributed by atoms with van der Waals surface area (Å²) in [7, 11) is 0. The molecule has 3 atom stereocenters. The Labute approximate surface area is 121 Å². The summed E-state index contributed by atoms with van der Waals surface area (Å²) in [6.07, 6.45) is 9.82. The molecular weight excluding hydrogens is 250 g/mol. The zero-order chi connectivity index (χ0) is 13.7. The van der Waals surface area contributed by atoms with Gasteiger partial charge < -0.3 is 9.80 Å². The molecule has 20 heavy (non-hydrogen) atoms. The van der Waals surface area contributed by atoms with E-state index in [1.165, 1.54) is 51.6 Å². The number of hydrogen-bond acceptors (Lipinski definition) is 3. The Morgan fingerprint density at radius 3 is 2.70 bits per heavy atom. The minimum atomic E-state index is -0.188. The maximum absolute atomic E-state index is 13.0. The Balaban J connectivity index is 1.52. The van der Waals surface area contributed by atoms with Crippen LogP contribution < -0.4 is 5.32 Å². The number of hydrogen-bond donors (Lipinski definition) is 1. The molecule has 3 heterocycles. The molecule has 1 aliphatic carbocycles. The molecule has 0 radical (unpaired) electrons. The lowest BCUT2D eigenvalue weighted by molar-refractivity contribution is -0.136. The van der Waals surface area contributed by atoms with Crippen molar-refractivity contribution in [3.63, 3.8) is 0 Å². The van der Waals surface area contributed by atoms with Gasteiger partial charge in [0.05, 0.1) is 11.7 Å². The van der Waals surface area contributed by atoms with Crippen molar-refractivity contribution in [2.45, 2.75) is 82.1 Å². The van der Waals surface area contributed by atoms with Crippen LogP contribution in [0.2, 0.25) is 0 Å². The second-order valence-electron chi connectivity index (χ2n) is 7.33. The van der Waals surface area contributed by atoms with Gasteiger partial charge in [-0.2, -0.15) is 0 Å². The third-order valence-electron chi connectivity index (χ3n) is 6.19. The molecule has 3 aliphatic heterocycles. The van der Waals surface area contributed by atoms with Crippen molar-refractivity contribution in [1.29, 1.82) is 0 Å². The number of fused-ring (bicyclic) bond motifs is 1. The summed E-state index contributed by atoms with van der Waals surface area (Å²) >= 11 is 0. The highest BCUT2D eigenvalue weighted by Gasteiger charge is 2.53. The SMILES string of the molecule is CC1NC2(CCCC2)C(=O)N1C1CCN2CCCC2C1. The van der Waals surface area contributed by atoms with E-state index in [2.05, 4.69) is 22.0 Å². The fourth-order valence-electron chi connectivity index (χ4n) is 5.23. The summed E-state index contributed by atoms with van der Waals surface area (Å²) in [6.45, 7) is 4.66. The van der Waals surface area contributed by atoms with Crippen molar-refractivity contribution in [3.05, 3.63) is 0 Å². The largest absolute Gasteiger partial charge is 0.323 e. The van der Waals surface area contributed by atoms with E-state index in [-0.39, 0.29) is 11.7 Å². The van der Waals surface area contributed by atoms with Gasteiger partial charge in [-0.15, -0.1) is 0 Å². The van der Waals surface area contributed by atoms with E-state index >= 15 is 0 Å². The molecule has 1 amide bonds. The number of rotatable bonds is 1. The van der Waals surface area contributed by atoms with Crippen LogP contribution >= 0.6 is 0 Å². The van der Waals surface area contributed by atoms with E-state index in [1.807, 2.05) is 0 Å². The van der Waals surface area contributed by atoms with E-state index < -0.39 is 0 Å². The zero-order valence-corrected chi connectivity index (χ0v) is 12.6. The zero-order valence-electron chi connectivity index (χ0n) is 12.6. The van der Waals surface area contributed by atoms with Crippen molar-refractivity contribution in [1.82, 2.24) is 15.1 Å². The van der Waals surface area contributed by atoms with Gasteiger partial charge >= 0.3 is 0 Å². The van der Waals surface area contributed by atoms with E-state index in [9.17, 15) is 4.79 Å². The van der Waals surface area contributed by atoms with Crippen molar-refractivity contribution in [3.8, 4) is 0 Å². The van der Waals surface area contributed by atoms with Crippen LogP contribution in [0.4, 0.5) is 0 Å². The summed E-state index contributed by atoms with van der Waals surface area (Å²) in [5, 5.41) is 3.65. The Kier molecular flexibility index (Phi) is 3.08. The smallest absolute Gasteiger partial charge is 0.244 e. The molecule has 4 nitrogen and oxygen atoms in total. The summed E-state index contributed by atoms with van der Waals surface area (Å²) in [4.78, 5) is 17.8. The van der Waals surface area contributed by atoms with E-state index in [0.29, 0.717) is 11.9 Å². The van der Waals surface area contributed by atoms with Crippen LogP contribution in [0.3, 0.4) is 0 Å². The third-order valence-corrected chi connectivity index (χ3v) is 6.19. The average molecular weight is 277 g/mol. The normalized spacial score (nSPS) is 40.8. The highest BCUT2D eigenvalue weighted by Crippen LogP contribution is 2.39.